The number of anilines is 2. The average molecular weight is 487 g/mol. The minimum atomic E-state index is -0.0572. The summed E-state index contributed by atoms with van der Waals surface area (Å²) in [5.41, 5.74) is 4.07. The van der Waals surface area contributed by atoms with Crippen molar-refractivity contribution in [3.63, 3.8) is 0 Å². The van der Waals surface area contributed by atoms with Gasteiger partial charge in [-0.1, -0.05) is 32.0 Å². The van der Waals surface area contributed by atoms with Crippen molar-refractivity contribution >= 4 is 23.2 Å². The van der Waals surface area contributed by atoms with Gasteiger partial charge in [-0.2, -0.15) is 4.98 Å². The van der Waals surface area contributed by atoms with E-state index in [1.54, 1.807) is 11.6 Å². The molecule has 0 saturated carbocycles. The molecule has 0 aliphatic carbocycles. The van der Waals surface area contributed by atoms with E-state index >= 15 is 0 Å². The van der Waals surface area contributed by atoms with E-state index < -0.39 is 0 Å². The zero-order chi connectivity index (χ0) is 25.3. The van der Waals surface area contributed by atoms with Gasteiger partial charge in [-0.25, -0.2) is 4.52 Å². The molecule has 0 atom stereocenters. The quantitative estimate of drug-likeness (QED) is 0.274. The Kier molecular flexibility index (Phi) is 8.52. The molecule has 188 valence electrons. The zero-order valence-corrected chi connectivity index (χ0v) is 21.2. The summed E-state index contributed by atoms with van der Waals surface area (Å²) >= 11 is 0. The Balaban J connectivity index is 1.37. The van der Waals surface area contributed by atoms with Crippen LogP contribution < -0.4 is 15.4 Å². The predicted octanol–water partition coefficient (Wildman–Crippen LogP) is 5.00. The Labute approximate surface area is 212 Å². The number of ether oxygens (including phenoxy) is 1. The summed E-state index contributed by atoms with van der Waals surface area (Å²) in [5.74, 6) is 1.21. The lowest BCUT2D eigenvalue weighted by Crippen LogP contribution is -2.27. The van der Waals surface area contributed by atoms with Gasteiger partial charge in [0.1, 0.15) is 5.75 Å². The van der Waals surface area contributed by atoms with Crippen LogP contribution in [0.4, 0.5) is 11.6 Å². The fourth-order valence-corrected chi connectivity index (χ4v) is 4.10. The molecule has 2 N–H and O–H groups in total. The fraction of sp³-hybridized carbons (Fsp3) is 0.321. The first kappa shape index (κ1) is 25.2. The Bertz CT molecular complexity index is 1280. The number of amides is 1. The molecule has 1 amide bonds. The van der Waals surface area contributed by atoms with Gasteiger partial charge in [0.05, 0.1) is 12.8 Å². The molecule has 8 heteroatoms. The highest BCUT2D eigenvalue weighted by atomic mass is 16.5. The summed E-state index contributed by atoms with van der Waals surface area (Å²) in [6.45, 7) is 8.24. The van der Waals surface area contributed by atoms with Crippen LogP contribution >= 0.6 is 0 Å². The fourth-order valence-electron chi connectivity index (χ4n) is 4.10. The molecular formula is C28H34N6O2. The molecule has 0 bridgehead atoms. The third-order valence-corrected chi connectivity index (χ3v) is 6.21. The molecule has 2 aromatic carbocycles. The van der Waals surface area contributed by atoms with Crippen molar-refractivity contribution in [1.29, 1.82) is 0 Å². The van der Waals surface area contributed by atoms with Crippen molar-refractivity contribution in [3.05, 3.63) is 72.3 Å². The summed E-state index contributed by atoms with van der Waals surface area (Å²) in [5, 5.41) is 10.9. The summed E-state index contributed by atoms with van der Waals surface area (Å²) in [4.78, 5) is 19.5. The lowest BCUT2D eigenvalue weighted by atomic mass is 10.1. The van der Waals surface area contributed by atoms with Gasteiger partial charge in [0.25, 0.3) is 5.91 Å². The highest BCUT2D eigenvalue weighted by Gasteiger charge is 2.11. The molecule has 4 rings (SSSR count). The highest BCUT2D eigenvalue weighted by molar-refractivity contribution is 5.94. The van der Waals surface area contributed by atoms with Gasteiger partial charge in [-0.05, 0) is 81.0 Å². The molecular weight excluding hydrogens is 452 g/mol. The van der Waals surface area contributed by atoms with Crippen LogP contribution in [0.25, 0.3) is 16.9 Å². The van der Waals surface area contributed by atoms with Crippen LogP contribution in [0.1, 0.15) is 37.0 Å². The van der Waals surface area contributed by atoms with Crippen LogP contribution in [0.5, 0.6) is 5.75 Å². The third-order valence-electron chi connectivity index (χ3n) is 6.21. The van der Waals surface area contributed by atoms with Gasteiger partial charge >= 0.3 is 0 Å². The SMILES string of the molecule is CCN(CC)CCCCNC(=O)c1ccc(Nc2nc3cccc(-c4cccc(OC)c4)n3n2)cc1. The number of nitrogens with one attached hydrogen (secondary N) is 2. The maximum absolute atomic E-state index is 12.5. The van der Waals surface area contributed by atoms with Gasteiger partial charge in [0, 0.05) is 23.4 Å². The van der Waals surface area contributed by atoms with Gasteiger partial charge in [-0.15, -0.1) is 5.10 Å². The van der Waals surface area contributed by atoms with Gasteiger partial charge in [0.15, 0.2) is 5.65 Å². The number of pyridine rings is 1. The second kappa shape index (κ2) is 12.2. The second-order valence-electron chi connectivity index (χ2n) is 8.54. The Morgan fingerprint density at radius 1 is 1.00 bits per heavy atom. The minimum absolute atomic E-state index is 0.0572. The summed E-state index contributed by atoms with van der Waals surface area (Å²) in [6.07, 6.45) is 2.05. The largest absolute Gasteiger partial charge is 0.497 e. The molecule has 2 heterocycles. The summed E-state index contributed by atoms with van der Waals surface area (Å²) in [7, 11) is 1.65. The number of benzene rings is 2. The van der Waals surface area contributed by atoms with Crippen molar-refractivity contribution < 1.29 is 9.53 Å². The van der Waals surface area contributed by atoms with E-state index in [0.29, 0.717) is 18.1 Å². The second-order valence-corrected chi connectivity index (χ2v) is 8.54. The molecule has 0 radical (unpaired) electrons. The Morgan fingerprint density at radius 3 is 2.53 bits per heavy atom. The van der Waals surface area contributed by atoms with Crippen molar-refractivity contribution in [2.45, 2.75) is 26.7 Å². The summed E-state index contributed by atoms with van der Waals surface area (Å²) in [6, 6.07) is 21.1. The van der Waals surface area contributed by atoms with E-state index in [9.17, 15) is 4.79 Å². The third kappa shape index (κ3) is 6.20. The molecule has 0 spiro atoms. The number of carbonyl (C=O) groups excluding carboxylic acids is 1. The molecule has 0 fully saturated rings. The number of nitrogens with zero attached hydrogens (tertiary/aromatic N) is 4. The molecule has 0 aliphatic rings. The first-order valence-corrected chi connectivity index (χ1v) is 12.5. The van der Waals surface area contributed by atoms with Crippen LogP contribution in [-0.4, -0.2) is 58.7 Å². The van der Waals surface area contributed by atoms with E-state index in [4.69, 9.17) is 4.74 Å². The van der Waals surface area contributed by atoms with Gasteiger partial charge < -0.3 is 20.3 Å². The topological polar surface area (TPSA) is 83.8 Å². The van der Waals surface area contributed by atoms with E-state index in [-0.39, 0.29) is 5.91 Å². The molecule has 4 aromatic rings. The zero-order valence-electron chi connectivity index (χ0n) is 21.2. The molecule has 2 aromatic heterocycles. The van der Waals surface area contributed by atoms with Gasteiger partial charge in [0.2, 0.25) is 5.95 Å². The van der Waals surface area contributed by atoms with Crippen LogP contribution in [0, 0.1) is 0 Å². The van der Waals surface area contributed by atoms with E-state index in [1.165, 1.54) is 0 Å². The predicted molar refractivity (Wildman–Crippen MR) is 144 cm³/mol. The number of unbranched alkanes of at least 4 members (excludes halogenated alkanes) is 1. The van der Waals surface area contributed by atoms with Crippen molar-refractivity contribution in [1.82, 2.24) is 24.8 Å². The van der Waals surface area contributed by atoms with Crippen LogP contribution in [0.3, 0.4) is 0 Å². The molecule has 8 nitrogen and oxygen atoms in total. The molecule has 0 unspecified atom stereocenters. The molecule has 0 saturated heterocycles. The van der Waals surface area contributed by atoms with E-state index in [2.05, 4.69) is 39.5 Å². The van der Waals surface area contributed by atoms with Crippen molar-refractivity contribution in [2.24, 2.45) is 0 Å². The maximum Gasteiger partial charge on any atom is 0.251 e. The molecule has 0 aliphatic heterocycles. The highest BCUT2D eigenvalue weighted by Crippen LogP contribution is 2.25. The monoisotopic (exact) mass is 486 g/mol. The first-order chi connectivity index (χ1) is 17.6. The number of aromatic nitrogens is 3. The van der Waals surface area contributed by atoms with E-state index in [0.717, 1.165) is 60.8 Å². The molecule has 36 heavy (non-hydrogen) atoms. The number of fused-ring (bicyclic) bond motifs is 1. The van der Waals surface area contributed by atoms with Gasteiger partial charge in [-0.3, -0.25) is 4.79 Å². The van der Waals surface area contributed by atoms with Crippen molar-refractivity contribution in [2.75, 3.05) is 38.6 Å². The normalized spacial score (nSPS) is 11.1. The smallest absolute Gasteiger partial charge is 0.251 e. The number of methoxy groups -OCH3 is 1. The Morgan fingerprint density at radius 2 is 1.78 bits per heavy atom. The average Bonchev–Trinajstić information content (AvgIpc) is 3.33. The van der Waals surface area contributed by atoms with Crippen LogP contribution in [0.2, 0.25) is 0 Å². The maximum atomic E-state index is 12.5. The first-order valence-electron chi connectivity index (χ1n) is 12.5. The minimum Gasteiger partial charge on any atom is -0.497 e. The van der Waals surface area contributed by atoms with Crippen LogP contribution in [-0.2, 0) is 0 Å². The lowest BCUT2D eigenvalue weighted by molar-refractivity contribution is 0.0952. The number of hydrogen-bond acceptors (Lipinski definition) is 6. The standard InChI is InChI=1S/C28H34N6O2/c1-4-33(5-2)19-7-6-18-29-27(35)21-14-16-23(17-15-21)30-28-31-26-13-9-12-25(34(26)32-28)22-10-8-11-24(20-22)36-3/h8-17,20H,4-7,18-19H2,1-3H3,(H,29,35)(H,30,32). The van der Waals surface area contributed by atoms with E-state index in [1.807, 2.05) is 66.7 Å². The lowest BCUT2D eigenvalue weighted by Gasteiger charge is -2.17. The number of hydrogen-bond donors (Lipinski definition) is 2. The van der Waals surface area contributed by atoms with Crippen molar-refractivity contribution in [3.8, 4) is 17.0 Å². The van der Waals surface area contributed by atoms with Crippen LogP contribution in [0.15, 0.2) is 66.7 Å². The number of rotatable bonds is 12. The Hall–Kier alpha value is -3.91. The summed E-state index contributed by atoms with van der Waals surface area (Å²) < 4.78 is 7.17. The number of carbonyl (C=O) groups is 1.